The van der Waals surface area contributed by atoms with E-state index in [0.29, 0.717) is 29.4 Å². The van der Waals surface area contributed by atoms with E-state index >= 15 is 0 Å². The van der Waals surface area contributed by atoms with Crippen LogP contribution in [0.25, 0.3) is 0 Å². The lowest BCUT2D eigenvalue weighted by molar-refractivity contribution is -0.122. The number of esters is 1. The molecule has 0 saturated heterocycles. The van der Waals surface area contributed by atoms with Crippen molar-refractivity contribution in [3.63, 3.8) is 0 Å². The molecule has 0 radical (unpaired) electrons. The molecule has 0 heterocycles. The Morgan fingerprint density at radius 2 is 1.60 bits per heavy atom. The maximum atomic E-state index is 12.2. The first kappa shape index (κ1) is 18.3. The van der Waals surface area contributed by atoms with E-state index in [9.17, 15) is 9.59 Å². The van der Waals surface area contributed by atoms with Gasteiger partial charge >= 0.3 is 5.97 Å². The van der Waals surface area contributed by atoms with Crippen molar-refractivity contribution in [2.75, 3.05) is 19.0 Å². The highest BCUT2D eigenvalue weighted by Gasteiger charge is 2.15. The molecule has 6 nitrogen and oxygen atoms in total. The third-order valence-electron chi connectivity index (χ3n) is 3.41. The number of rotatable bonds is 7. The van der Waals surface area contributed by atoms with E-state index in [1.165, 1.54) is 0 Å². The Balaban J connectivity index is 1.92. The Hall–Kier alpha value is -3.02. The van der Waals surface area contributed by atoms with Crippen LogP contribution in [0.4, 0.5) is 5.69 Å². The predicted octanol–water partition coefficient (Wildman–Crippen LogP) is 3.28. The average molecular weight is 343 g/mol. The molecule has 2 aromatic carbocycles. The fourth-order valence-corrected chi connectivity index (χ4v) is 2.06. The van der Waals surface area contributed by atoms with Crippen LogP contribution < -0.4 is 14.8 Å². The molecule has 1 unspecified atom stereocenters. The van der Waals surface area contributed by atoms with Gasteiger partial charge in [0.25, 0.3) is 5.91 Å². The van der Waals surface area contributed by atoms with E-state index in [1.54, 1.807) is 69.5 Å². The summed E-state index contributed by atoms with van der Waals surface area (Å²) >= 11 is 0. The maximum absolute atomic E-state index is 12.2. The largest absolute Gasteiger partial charge is 0.497 e. The molecular weight excluding hydrogens is 322 g/mol. The van der Waals surface area contributed by atoms with Crippen LogP contribution in [-0.2, 0) is 9.53 Å². The summed E-state index contributed by atoms with van der Waals surface area (Å²) in [6.07, 6.45) is -0.682. The minimum atomic E-state index is -0.682. The van der Waals surface area contributed by atoms with E-state index in [4.69, 9.17) is 14.2 Å². The lowest BCUT2D eigenvalue weighted by atomic mass is 10.2. The van der Waals surface area contributed by atoms with Crippen molar-refractivity contribution in [3.8, 4) is 11.5 Å². The normalized spacial score (nSPS) is 11.3. The number of amides is 1. The third kappa shape index (κ3) is 5.24. The molecular formula is C19H21NO5. The highest BCUT2D eigenvalue weighted by Crippen LogP contribution is 2.19. The third-order valence-corrected chi connectivity index (χ3v) is 3.41. The van der Waals surface area contributed by atoms with Gasteiger partial charge in [0.1, 0.15) is 11.5 Å². The maximum Gasteiger partial charge on any atom is 0.338 e. The van der Waals surface area contributed by atoms with Gasteiger partial charge in [0.05, 0.1) is 19.3 Å². The monoisotopic (exact) mass is 343 g/mol. The van der Waals surface area contributed by atoms with Crippen molar-refractivity contribution in [2.24, 2.45) is 0 Å². The molecule has 6 heteroatoms. The van der Waals surface area contributed by atoms with Crippen molar-refractivity contribution in [1.29, 1.82) is 0 Å². The van der Waals surface area contributed by atoms with Crippen molar-refractivity contribution >= 4 is 17.6 Å². The van der Waals surface area contributed by atoms with Crippen LogP contribution in [0.1, 0.15) is 24.2 Å². The lowest BCUT2D eigenvalue weighted by Gasteiger charge is -2.15. The van der Waals surface area contributed by atoms with Crippen molar-refractivity contribution in [2.45, 2.75) is 20.0 Å². The summed E-state index contributed by atoms with van der Waals surface area (Å²) in [6, 6.07) is 13.5. The van der Waals surface area contributed by atoms with Crippen LogP contribution in [0.2, 0.25) is 0 Å². The standard InChI is InChI=1S/C19H21NO5/c1-4-24-19(22)14-5-7-15(8-6-14)20-18(21)13(2)25-17-11-9-16(23-3)10-12-17/h5-13H,4H2,1-3H3,(H,20,21). The van der Waals surface area contributed by atoms with Gasteiger partial charge in [-0.3, -0.25) is 4.79 Å². The number of carbonyl (C=O) groups excluding carboxylic acids is 2. The summed E-state index contributed by atoms with van der Waals surface area (Å²) < 4.78 is 15.6. The fourth-order valence-electron chi connectivity index (χ4n) is 2.06. The van der Waals surface area contributed by atoms with Crippen LogP contribution in [0, 0.1) is 0 Å². The number of anilines is 1. The Bertz CT molecular complexity index is 710. The van der Waals surface area contributed by atoms with Crippen LogP contribution in [-0.4, -0.2) is 31.7 Å². The molecule has 1 amide bonds. The quantitative estimate of drug-likeness (QED) is 0.781. The van der Waals surface area contributed by atoms with Gasteiger partial charge < -0.3 is 19.5 Å². The zero-order chi connectivity index (χ0) is 18.2. The molecule has 0 bridgehead atoms. The summed E-state index contributed by atoms with van der Waals surface area (Å²) in [5.74, 6) is 0.600. The summed E-state index contributed by atoms with van der Waals surface area (Å²) in [5, 5.41) is 2.74. The van der Waals surface area contributed by atoms with Gasteiger partial charge in [-0.15, -0.1) is 0 Å². The molecule has 1 atom stereocenters. The SMILES string of the molecule is CCOC(=O)c1ccc(NC(=O)C(C)Oc2ccc(OC)cc2)cc1. The number of nitrogens with one attached hydrogen (secondary N) is 1. The number of methoxy groups -OCH3 is 1. The van der Waals surface area contributed by atoms with E-state index < -0.39 is 12.1 Å². The fraction of sp³-hybridized carbons (Fsp3) is 0.263. The van der Waals surface area contributed by atoms with Crippen molar-refractivity contribution in [1.82, 2.24) is 0 Å². The summed E-state index contributed by atoms with van der Waals surface area (Å²) in [6.45, 7) is 3.72. The number of benzene rings is 2. The molecule has 2 aromatic rings. The van der Waals surface area contributed by atoms with E-state index in [1.807, 2.05) is 0 Å². The number of ether oxygens (including phenoxy) is 3. The molecule has 0 aromatic heterocycles. The van der Waals surface area contributed by atoms with E-state index in [0.717, 1.165) is 0 Å². The molecule has 0 saturated carbocycles. The molecule has 25 heavy (non-hydrogen) atoms. The van der Waals surface area contributed by atoms with Crippen LogP contribution in [0.5, 0.6) is 11.5 Å². The van der Waals surface area contributed by atoms with Crippen molar-refractivity contribution in [3.05, 3.63) is 54.1 Å². The van der Waals surface area contributed by atoms with E-state index in [2.05, 4.69) is 5.32 Å². The Morgan fingerprint density at radius 1 is 1.00 bits per heavy atom. The second-order valence-corrected chi connectivity index (χ2v) is 5.22. The number of hydrogen-bond acceptors (Lipinski definition) is 5. The van der Waals surface area contributed by atoms with Gasteiger partial charge in [-0.25, -0.2) is 4.79 Å². The average Bonchev–Trinajstić information content (AvgIpc) is 2.63. The lowest BCUT2D eigenvalue weighted by Crippen LogP contribution is -2.30. The number of hydrogen-bond donors (Lipinski definition) is 1. The first-order valence-electron chi connectivity index (χ1n) is 7.92. The highest BCUT2D eigenvalue weighted by atomic mass is 16.5. The minimum absolute atomic E-state index is 0.292. The highest BCUT2D eigenvalue weighted by molar-refractivity contribution is 5.95. The molecule has 0 spiro atoms. The van der Waals surface area contributed by atoms with Crippen molar-refractivity contribution < 1.29 is 23.8 Å². The molecule has 0 aliphatic rings. The molecule has 132 valence electrons. The Morgan fingerprint density at radius 3 is 2.16 bits per heavy atom. The molecule has 1 N–H and O–H groups in total. The number of carbonyl (C=O) groups is 2. The van der Waals surface area contributed by atoms with Gasteiger partial charge in [0.2, 0.25) is 0 Å². The van der Waals surface area contributed by atoms with Gasteiger partial charge in [-0.2, -0.15) is 0 Å². The van der Waals surface area contributed by atoms with Gasteiger partial charge in [0, 0.05) is 5.69 Å². The van der Waals surface area contributed by atoms with Crippen LogP contribution in [0.3, 0.4) is 0 Å². The Kier molecular flexibility index (Phi) is 6.39. The smallest absolute Gasteiger partial charge is 0.338 e. The van der Waals surface area contributed by atoms with Gasteiger partial charge in [-0.1, -0.05) is 0 Å². The first-order valence-corrected chi connectivity index (χ1v) is 7.92. The summed E-state index contributed by atoms with van der Waals surface area (Å²) in [7, 11) is 1.58. The van der Waals surface area contributed by atoms with Crippen LogP contribution in [0.15, 0.2) is 48.5 Å². The van der Waals surface area contributed by atoms with E-state index in [-0.39, 0.29) is 5.91 Å². The first-order chi connectivity index (χ1) is 12.0. The zero-order valence-electron chi connectivity index (χ0n) is 14.4. The minimum Gasteiger partial charge on any atom is -0.497 e. The second-order valence-electron chi connectivity index (χ2n) is 5.22. The Labute approximate surface area is 146 Å². The molecule has 0 fully saturated rings. The molecule has 2 rings (SSSR count). The predicted molar refractivity (Wildman–Crippen MR) is 94.1 cm³/mol. The summed E-state index contributed by atoms with van der Waals surface area (Å²) in [4.78, 5) is 23.8. The molecule has 0 aliphatic carbocycles. The summed E-state index contributed by atoms with van der Waals surface area (Å²) in [5.41, 5.74) is 1.01. The van der Waals surface area contributed by atoms with Crippen LogP contribution >= 0.6 is 0 Å². The zero-order valence-corrected chi connectivity index (χ0v) is 14.4. The van der Waals surface area contributed by atoms with Gasteiger partial charge in [0.15, 0.2) is 6.10 Å². The second kappa shape index (κ2) is 8.73. The van der Waals surface area contributed by atoms with Gasteiger partial charge in [-0.05, 0) is 62.4 Å². The molecule has 0 aliphatic heterocycles. The topological polar surface area (TPSA) is 73.9 Å².